The summed E-state index contributed by atoms with van der Waals surface area (Å²) in [5.74, 6) is -0.132. The number of hydrogen-bond donors (Lipinski definition) is 1. The van der Waals surface area contributed by atoms with Gasteiger partial charge < -0.3 is 5.32 Å². The minimum atomic E-state index is -0.132. The van der Waals surface area contributed by atoms with E-state index in [0.717, 1.165) is 11.1 Å². The molecular formula is C18H16ClNO. The van der Waals surface area contributed by atoms with Crippen molar-refractivity contribution < 1.29 is 4.79 Å². The van der Waals surface area contributed by atoms with Crippen LogP contribution in [0.3, 0.4) is 0 Å². The first kappa shape index (κ1) is 15.1. The van der Waals surface area contributed by atoms with Crippen LogP contribution in [0.25, 0.3) is 12.2 Å². The highest BCUT2D eigenvalue weighted by atomic mass is 35.5. The van der Waals surface area contributed by atoms with Crippen molar-refractivity contribution >= 4 is 29.7 Å². The van der Waals surface area contributed by atoms with Crippen LogP contribution in [0.2, 0.25) is 5.02 Å². The molecule has 0 heterocycles. The molecule has 0 radical (unpaired) electrons. The highest BCUT2D eigenvalue weighted by Gasteiger charge is 1.93. The zero-order valence-electron chi connectivity index (χ0n) is 11.5. The van der Waals surface area contributed by atoms with Crippen LogP contribution in [-0.2, 0) is 4.79 Å². The average molecular weight is 298 g/mol. The normalized spacial score (nSPS) is 11.1. The molecule has 0 bridgehead atoms. The molecule has 2 nitrogen and oxygen atoms in total. The molecule has 1 N–H and O–H groups in total. The van der Waals surface area contributed by atoms with Crippen molar-refractivity contribution in [2.24, 2.45) is 0 Å². The molecular weight excluding hydrogens is 282 g/mol. The molecule has 0 spiro atoms. The molecule has 2 rings (SSSR count). The van der Waals surface area contributed by atoms with Gasteiger partial charge in [-0.15, -0.1) is 0 Å². The largest absolute Gasteiger partial charge is 0.349 e. The van der Waals surface area contributed by atoms with E-state index in [0.29, 0.717) is 11.6 Å². The summed E-state index contributed by atoms with van der Waals surface area (Å²) in [6, 6.07) is 17.3. The Hall–Kier alpha value is -2.32. The van der Waals surface area contributed by atoms with Gasteiger partial charge >= 0.3 is 0 Å². The Labute approximate surface area is 129 Å². The first-order chi connectivity index (χ1) is 10.2. The maximum absolute atomic E-state index is 11.6. The van der Waals surface area contributed by atoms with Crippen LogP contribution in [0.5, 0.6) is 0 Å². The van der Waals surface area contributed by atoms with E-state index in [2.05, 4.69) is 5.32 Å². The second-order valence-electron chi connectivity index (χ2n) is 4.45. The monoisotopic (exact) mass is 297 g/mol. The molecule has 106 valence electrons. The number of halogens is 1. The molecule has 2 aromatic rings. The Morgan fingerprint density at radius 3 is 2.52 bits per heavy atom. The molecule has 2 aromatic carbocycles. The highest BCUT2D eigenvalue weighted by molar-refractivity contribution is 6.30. The van der Waals surface area contributed by atoms with E-state index < -0.39 is 0 Å². The standard InChI is InChI=1S/C18H16ClNO/c19-17-10-4-8-16(14-17)11-12-18(21)20-13-5-9-15-6-2-1-3-7-15/h1-12,14H,13H2,(H,20,21). The van der Waals surface area contributed by atoms with Gasteiger partial charge in [0.1, 0.15) is 0 Å². The quantitative estimate of drug-likeness (QED) is 0.824. The van der Waals surface area contributed by atoms with E-state index >= 15 is 0 Å². The topological polar surface area (TPSA) is 29.1 Å². The summed E-state index contributed by atoms with van der Waals surface area (Å²) in [7, 11) is 0. The number of benzene rings is 2. The minimum Gasteiger partial charge on any atom is -0.349 e. The van der Waals surface area contributed by atoms with E-state index in [1.54, 1.807) is 18.2 Å². The fraction of sp³-hybridized carbons (Fsp3) is 0.0556. The van der Waals surface area contributed by atoms with Gasteiger partial charge in [-0.1, -0.05) is 66.2 Å². The van der Waals surface area contributed by atoms with Gasteiger partial charge in [-0.25, -0.2) is 0 Å². The van der Waals surface area contributed by atoms with Crippen LogP contribution in [0.4, 0.5) is 0 Å². The summed E-state index contributed by atoms with van der Waals surface area (Å²) in [6.45, 7) is 0.494. The van der Waals surface area contributed by atoms with Gasteiger partial charge in [0.25, 0.3) is 0 Å². The Balaban J connectivity index is 1.79. The van der Waals surface area contributed by atoms with Crippen LogP contribution >= 0.6 is 11.6 Å². The zero-order valence-corrected chi connectivity index (χ0v) is 12.3. The van der Waals surface area contributed by atoms with Crippen molar-refractivity contribution in [1.82, 2.24) is 5.32 Å². The lowest BCUT2D eigenvalue weighted by Gasteiger charge is -1.97. The Bertz CT molecular complexity index is 647. The van der Waals surface area contributed by atoms with Crippen LogP contribution in [0.15, 0.2) is 66.7 Å². The fourth-order valence-electron chi connectivity index (χ4n) is 1.76. The molecule has 0 aliphatic rings. The SMILES string of the molecule is O=C(C=Cc1cccc(Cl)c1)NCC=Cc1ccccc1. The molecule has 0 aromatic heterocycles. The highest BCUT2D eigenvalue weighted by Crippen LogP contribution is 2.11. The molecule has 1 amide bonds. The van der Waals surface area contributed by atoms with Gasteiger partial charge in [0.2, 0.25) is 5.91 Å². The van der Waals surface area contributed by atoms with Crippen molar-refractivity contribution in [3.05, 3.63) is 82.9 Å². The van der Waals surface area contributed by atoms with Gasteiger partial charge in [-0.05, 0) is 29.3 Å². The second kappa shape index (κ2) is 8.08. The van der Waals surface area contributed by atoms with Crippen LogP contribution < -0.4 is 5.32 Å². The van der Waals surface area contributed by atoms with Crippen molar-refractivity contribution in [3.8, 4) is 0 Å². The summed E-state index contributed by atoms with van der Waals surface area (Å²) < 4.78 is 0. The second-order valence-corrected chi connectivity index (χ2v) is 4.88. The van der Waals surface area contributed by atoms with Crippen LogP contribution in [-0.4, -0.2) is 12.5 Å². The third kappa shape index (κ3) is 5.67. The average Bonchev–Trinajstić information content (AvgIpc) is 2.51. The van der Waals surface area contributed by atoms with E-state index in [-0.39, 0.29) is 5.91 Å². The molecule has 0 atom stereocenters. The summed E-state index contributed by atoms with van der Waals surface area (Å²) in [4.78, 5) is 11.6. The van der Waals surface area contributed by atoms with Gasteiger partial charge in [0.15, 0.2) is 0 Å². The van der Waals surface area contributed by atoms with Crippen LogP contribution in [0, 0.1) is 0 Å². The van der Waals surface area contributed by atoms with Gasteiger partial charge in [0, 0.05) is 17.6 Å². The van der Waals surface area contributed by atoms with Crippen molar-refractivity contribution in [2.45, 2.75) is 0 Å². The molecule has 0 unspecified atom stereocenters. The smallest absolute Gasteiger partial charge is 0.244 e. The van der Waals surface area contributed by atoms with Gasteiger partial charge in [-0.2, -0.15) is 0 Å². The Kier molecular flexibility index (Phi) is 5.80. The molecule has 0 aliphatic heterocycles. The maximum Gasteiger partial charge on any atom is 0.244 e. The summed E-state index contributed by atoms with van der Waals surface area (Å²) in [5.41, 5.74) is 2.01. The third-order valence-electron chi connectivity index (χ3n) is 2.78. The molecule has 0 saturated carbocycles. The van der Waals surface area contributed by atoms with Gasteiger partial charge in [0.05, 0.1) is 0 Å². The number of carbonyl (C=O) groups excluding carboxylic acids is 1. The number of rotatable bonds is 5. The van der Waals surface area contributed by atoms with E-state index in [1.165, 1.54) is 6.08 Å². The summed E-state index contributed by atoms with van der Waals surface area (Å²) >= 11 is 5.88. The number of carbonyl (C=O) groups is 1. The first-order valence-corrected chi connectivity index (χ1v) is 7.05. The van der Waals surface area contributed by atoms with Crippen molar-refractivity contribution in [1.29, 1.82) is 0 Å². The lowest BCUT2D eigenvalue weighted by molar-refractivity contribution is -0.116. The van der Waals surface area contributed by atoms with E-state index in [1.807, 2.05) is 54.6 Å². The fourth-order valence-corrected chi connectivity index (χ4v) is 1.96. The lowest BCUT2D eigenvalue weighted by Crippen LogP contribution is -2.20. The van der Waals surface area contributed by atoms with E-state index in [4.69, 9.17) is 11.6 Å². The zero-order chi connectivity index (χ0) is 14.9. The Morgan fingerprint density at radius 2 is 1.76 bits per heavy atom. The first-order valence-electron chi connectivity index (χ1n) is 6.67. The summed E-state index contributed by atoms with van der Waals surface area (Å²) in [5, 5.41) is 3.45. The lowest BCUT2D eigenvalue weighted by atomic mass is 10.2. The van der Waals surface area contributed by atoms with Crippen molar-refractivity contribution in [3.63, 3.8) is 0 Å². The molecule has 0 saturated heterocycles. The predicted molar refractivity (Wildman–Crippen MR) is 89.0 cm³/mol. The van der Waals surface area contributed by atoms with Gasteiger partial charge in [-0.3, -0.25) is 4.79 Å². The summed E-state index contributed by atoms with van der Waals surface area (Å²) in [6.07, 6.45) is 7.13. The number of nitrogens with one attached hydrogen (secondary N) is 1. The number of amides is 1. The number of hydrogen-bond acceptors (Lipinski definition) is 1. The maximum atomic E-state index is 11.6. The molecule has 0 aliphatic carbocycles. The van der Waals surface area contributed by atoms with Crippen molar-refractivity contribution in [2.75, 3.05) is 6.54 Å². The minimum absolute atomic E-state index is 0.132. The van der Waals surface area contributed by atoms with Crippen LogP contribution in [0.1, 0.15) is 11.1 Å². The molecule has 21 heavy (non-hydrogen) atoms. The predicted octanol–water partition coefficient (Wildman–Crippen LogP) is 4.18. The third-order valence-corrected chi connectivity index (χ3v) is 3.01. The Morgan fingerprint density at radius 1 is 1.00 bits per heavy atom. The molecule has 0 fully saturated rings. The molecule has 3 heteroatoms. The van der Waals surface area contributed by atoms with E-state index in [9.17, 15) is 4.79 Å².